The number of piperidine rings is 2. The molecule has 0 spiro atoms. The van der Waals surface area contributed by atoms with Gasteiger partial charge in [-0.1, -0.05) is 25.1 Å². The van der Waals surface area contributed by atoms with Crippen LogP contribution in [-0.2, 0) is 22.6 Å². The molecule has 3 N–H and O–H groups in total. The molecule has 4 aromatic carbocycles. The number of benzene rings is 4. The Labute approximate surface area is 406 Å². The third-order valence-corrected chi connectivity index (χ3v) is 16.5. The third kappa shape index (κ3) is 8.48. The number of fused-ring (bicyclic) bond motifs is 5. The fourth-order valence-corrected chi connectivity index (χ4v) is 12.5. The van der Waals surface area contributed by atoms with Crippen LogP contribution in [0.4, 0.5) is 20.3 Å². The van der Waals surface area contributed by atoms with E-state index in [0.717, 1.165) is 108 Å². The SMILES string of the molecule is CCc1cccc2cc(O)cc(-c3c(F)cc4c(N5CC6CCC(C5)N6)nc(OCC5(CN6CCC(CN7CCN(c8ccc9c(c8)CN([C@H]8CCC(=O)NC8=O)C9=O)CC7)CC6)CC5)nc4c3F)c12. The van der Waals surface area contributed by atoms with Crippen molar-refractivity contribution in [2.24, 2.45) is 11.3 Å². The van der Waals surface area contributed by atoms with E-state index in [9.17, 15) is 19.5 Å². The van der Waals surface area contributed by atoms with E-state index in [1.54, 1.807) is 11.0 Å². The summed E-state index contributed by atoms with van der Waals surface area (Å²) in [6.07, 6.45) is 7.68. The first-order valence-electron chi connectivity index (χ1n) is 25.5. The first kappa shape index (κ1) is 45.2. The molecule has 7 heterocycles. The van der Waals surface area contributed by atoms with Crippen LogP contribution in [0, 0.1) is 23.0 Å². The van der Waals surface area contributed by atoms with Crippen molar-refractivity contribution in [3.8, 4) is 22.9 Å². The molecule has 12 rings (SSSR count). The number of likely N-dealkylation sites (tertiary alicyclic amines) is 1. The van der Waals surface area contributed by atoms with Gasteiger partial charge in [0, 0.05) is 99.5 Å². The smallest absolute Gasteiger partial charge is 0.319 e. The predicted octanol–water partition coefficient (Wildman–Crippen LogP) is 6.39. The van der Waals surface area contributed by atoms with Gasteiger partial charge >= 0.3 is 6.01 Å². The molecule has 1 aliphatic carbocycles. The van der Waals surface area contributed by atoms with Gasteiger partial charge in [0.2, 0.25) is 11.8 Å². The summed E-state index contributed by atoms with van der Waals surface area (Å²) < 4.78 is 40.3. The number of amides is 3. The number of hydrogen-bond acceptors (Lipinski definition) is 12. The van der Waals surface area contributed by atoms with E-state index < -0.39 is 23.6 Å². The number of anilines is 2. The molecule has 2 unspecified atom stereocenters. The number of carbonyl (C=O) groups is 3. The standard InChI is InChI=1S/C54H61F2N9O5/c1-2-33-4-3-5-34-23-39(66)24-41(46(33)34)47-43(55)25-42-49(48(47)56)59-53(60-50(42)64-28-36-6-7-37(29-64)57-36)70-31-54(14-15-54)30-62-16-12-32(13-17-62)26-61-18-20-63(21-19-61)38-8-9-40-35(22-38)27-65(52(40)69)44-10-11-45(67)58-51(44)68/h3-5,8-9,22-25,32,36-37,44,57,66H,2,6-7,10-21,26-31H2,1H3,(H,58,67,68)/t36?,37?,44-/m0/s1. The van der Waals surface area contributed by atoms with Crippen LogP contribution >= 0.6 is 0 Å². The van der Waals surface area contributed by atoms with Crippen LogP contribution in [0.2, 0.25) is 0 Å². The molecule has 0 radical (unpaired) electrons. The van der Waals surface area contributed by atoms with E-state index in [0.29, 0.717) is 78.1 Å². The summed E-state index contributed by atoms with van der Waals surface area (Å²) in [7, 11) is 0. The lowest BCUT2D eigenvalue weighted by molar-refractivity contribution is -0.136. The number of nitrogens with one attached hydrogen (secondary N) is 2. The summed E-state index contributed by atoms with van der Waals surface area (Å²) in [5.74, 6) is -1.28. The van der Waals surface area contributed by atoms with Crippen LogP contribution in [-0.4, -0.2) is 138 Å². The van der Waals surface area contributed by atoms with Crippen molar-refractivity contribution >= 4 is 50.9 Å². The van der Waals surface area contributed by atoms with Crippen LogP contribution in [0.3, 0.4) is 0 Å². The van der Waals surface area contributed by atoms with E-state index in [1.807, 2.05) is 37.3 Å². The van der Waals surface area contributed by atoms with Gasteiger partial charge in [0.15, 0.2) is 5.82 Å². The Bertz CT molecular complexity index is 2900. The van der Waals surface area contributed by atoms with Gasteiger partial charge in [0.1, 0.15) is 28.9 Å². The quantitative estimate of drug-likeness (QED) is 0.119. The number of carbonyl (C=O) groups excluding carboxylic acids is 3. The number of imide groups is 1. The van der Waals surface area contributed by atoms with Crippen molar-refractivity contribution in [1.29, 1.82) is 0 Å². The van der Waals surface area contributed by atoms with Crippen molar-refractivity contribution < 1.29 is 33.0 Å². The number of halogens is 2. The topological polar surface area (TPSA) is 147 Å². The molecule has 2 bridgehead atoms. The summed E-state index contributed by atoms with van der Waals surface area (Å²) in [5.41, 5.74) is 3.67. The molecule has 16 heteroatoms. The van der Waals surface area contributed by atoms with Crippen LogP contribution < -0.4 is 25.2 Å². The molecule has 3 amide bonds. The monoisotopic (exact) mass is 953 g/mol. The minimum Gasteiger partial charge on any atom is -0.508 e. The number of hydrogen-bond donors (Lipinski definition) is 3. The number of nitrogens with zero attached hydrogens (tertiary/aromatic N) is 7. The summed E-state index contributed by atoms with van der Waals surface area (Å²) in [6, 6.07) is 16.2. The van der Waals surface area contributed by atoms with Crippen molar-refractivity contribution in [3.63, 3.8) is 0 Å². The van der Waals surface area contributed by atoms with Crippen molar-refractivity contribution in [1.82, 2.24) is 35.3 Å². The lowest BCUT2D eigenvalue weighted by atomic mass is 9.92. The van der Waals surface area contributed by atoms with Gasteiger partial charge in [-0.3, -0.25) is 24.6 Å². The normalized spacial score (nSPS) is 24.0. The average Bonchev–Trinajstić information content (AvgIpc) is 3.93. The first-order chi connectivity index (χ1) is 34.0. The zero-order valence-corrected chi connectivity index (χ0v) is 39.8. The highest BCUT2D eigenvalue weighted by Gasteiger charge is 2.46. The molecule has 5 aromatic rings. The highest BCUT2D eigenvalue weighted by atomic mass is 19.1. The van der Waals surface area contributed by atoms with Crippen LogP contribution in [0.25, 0.3) is 32.8 Å². The fourth-order valence-electron chi connectivity index (χ4n) is 12.5. The Morgan fingerprint density at radius 2 is 1.63 bits per heavy atom. The van der Waals surface area contributed by atoms with Crippen molar-refractivity contribution in [2.45, 2.75) is 89.4 Å². The molecule has 6 fully saturated rings. The lowest BCUT2D eigenvalue weighted by Crippen LogP contribution is -2.52. The fraction of sp³-hybridized carbons (Fsp3) is 0.500. The molecule has 7 aliphatic rings. The largest absolute Gasteiger partial charge is 0.508 e. The number of aromatic hydroxyl groups is 1. The van der Waals surface area contributed by atoms with E-state index in [1.165, 1.54) is 12.1 Å². The molecular formula is C54H61F2N9O5. The summed E-state index contributed by atoms with van der Waals surface area (Å²) in [5, 5.41) is 18.6. The van der Waals surface area contributed by atoms with E-state index in [-0.39, 0.29) is 58.6 Å². The van der Waals surface area contributed by atoms with Crippen LogP contribution in [0.1, 0.15) is 79.8 Å². The number of phenols is 1. The maximum atomic E-state index is 17.3. The summed E-state index contributed by atoms with van der Waals surface area (Å²) in [4.78, 5) is 58.4. The molecular weight excluding hydrogens is 893 g/mol. The highest BCUT2D eigenvalue weighted by molar-refractivity contribution is 6.06. The molecule has 3 atom stereocenters. The Kier molecular flexibility index (Phi) is 11.6. The Balaban J connectivity index is 0.686. The molecule has 70 heavy (non-hydrogen) atoms. The molecule has 1 saturated carbocycles. The zero-order chi connectivity index (χ0) is 47.8. The van der Waals surface area contributed by atoms with E-state index >= 15 is 8.78 Å². The van der Waals surface area contributed by atoms with Gasteiger partial charge in [-0.05, 0) is 134 Å². The third-order valence-electron chi connectivity index (χ3n) is 16.5. The first-order valence-corrected chi connectivity index (χ1v) is 25.5. The molecule has 5 saturated heterocycles. The second-order valence-corrected chi connectivity index (χ2v) is 21.2. The zero-order valence-electron chi connectivity index (χ0n) is 39.8. The number of ether oxygens (including phenoxy) is 1. The number of phenolic OH excluding ortho intramolecular Hbond substituents is 1. The molecule has 14 nitrogen and oxygen atoms in total. The second kappa shape index (κ2) is 18.0. The van der Waals surface area contributed by atoms with Crippen LogP contribution in [0.5, 0.6) is 11.8 Å². The maximum absolute atomic E-state index is 17.3. The lowest BCUT2D eigenvalue weighted by Gasteiger charge is -2.40. The minimum atomic E-state index is -0.787. The van der Waals surface area contributed by atoms with Crippen molar-refractivity contribution in [3.05, 3.63) is 82.9 Å². The molecule has 1 aromatic heterocycles. The van der Waals surface area contributed by atoms with Gasteiger partial charge in [-0.25, -0.2) is 8.78 Å². The van der Waals surface area contributed by atoms with Gasteiger partial charge in [-0.15, -0.1) is 0 Å². The number of piperazine rings is 2. The summed E-state index contributed by atoms with van der Waals surface area (Å²) in [6.45, 7) is 12.0. The number of aromatic nitrogens is 2. The Morgan fingerprint density at radius 3 is 2.37 bits per heavy atom. The molecule has 366 valence electrons. The van der Waals surface area contributed by atoms with Gasteiger partial charge in [-0.2, -0.15) is 9.97 Å². The van der Waals surface area contributed by atoms with Gasteiger partial charge in [0.25, 0.3) is 5.91 Å². The van der Waals surface area contributed by atoms with E-state index in [2.05, 4.69) is 36.3 Å². The predicted molar refractivity (Wildman–Crippen MR) is 263 cm³/mol. The van der Waals surface area contributed by atoms with Gasteiger partial charge < -0.3 is 34.8 Å². The Hall–Kier alpha value is -5.97. The Morgan fingerprint density at radius 1 is 0.843 bits per heavy atom. The maximum Gasteiger partial charge on any atom is 0.319 e. The van der Waals surface area contributed by atoms with Crippen molar-refractivity contribution in [2.75, 3.05) is 81.9 Å². The van der Waals surface area contributed by atoms with Gasteiger partial charge in [0.05, 0.1) is 12.2 Å². The minimum absolute atomic E-state index is 0.0158. The number of rotatable bonds is 12. The number of aryl methyl sites for hydroxylation is 1. The highest BCUT2D eigenvalue weighted by Crippen LogP contribution is 2.48. The van der Waals surface area contributed by atoms with Crippen LogP contribution in [0.15, 0.2) is 54.6 Å². The average molecular weight is 954 g/mol. The van der Waals surface area contributed by atoms with E-state index in [4.69, 9.17) is 14.7 Å². The molecule has 6 aliphatic heterocycles. The second-order valence-electron chi connectivity index (χ2n) is 21.2. The summed E-state index contributed by atoms with van der Waals surface area (Å²) >= 11 is 0.